The summed E-state index contributed by atoms with van der Waals surface area (Å²) in [6.45, 7) is 5.40. The lowest BCUT2D eigenvalue weighted by Gasteiger charge is -2.26. The fourth-order valence-corrected chi connectivity index (χ4v) is 5.84. The van der Waals surface area contributed by atoms with Crippen molar-refractivity contribution in [2.45, 2.75) is 26.8 Å². The molecule has 2 heterocycles. The number of fused-ring (bicyclic) bond motifs is 1. The average molecular weight is 599 g/mol. The number of benzene rings is 3. The predicted octanol–water partition coefficient (Wildman–Crippen LogP) is 4.27. The number of carbonyl (C=O) groups excluding carboxylic acids is 2. The zero-order chi connectivity index (χ0) is 30.5. The quantitative estimate of drug-likeness (QED) is 0.209. The summed E-state index contributed by atoms with van der Waals surface area (Å²) < 4.78 is 23.9. The van der Waals surface area contributed by atoms with Gasteiger partial charge < -0.3 is 18.9 Å². The zero-order valence-electron chi connectivity index (χ0n) is 24.2. The molecule has 4 aromatic rings. The van der Waals surface area contributed by atoms with Crippen molar-refractivity contribution in [3.8, 4) is 17.2 Å². The molecule has 0 amide bonds. The van der Waals surface area contributed by atoms with Crippen LogP contribution in [0.1, 0.15) is 43.5 Å². The fraction of sp³-hybridized carbons (Fsp3) is 0.212. The van der Waals surface area contributed by atoms with E-state index in [0.717, 1.165) is 5.56 Å². The van der Waals surface area contributed by atoms with Gasteiger partial charge in [0.05, 0.1) is 42.2 Å². The Bertz CT molecular complexity index is 1890. The molecule has 43 heavy (non-hydrogen) atoms. The van der Waals surface area contributed by atoms with E-state index < -0.39 is 18.0 Å². The Hall–Kier alpha value is -4.96. The van der Waals surface area contributed by atoms with Gasteiger partial charge in [-0.3, -0.25) is 14.2 Å². The molecule has 5 rings (SSSR count). The summed E-state index contributed by atoms with van der Waals surface area (Å²) in [6.07, 6.45) is 1.72. The van der Waals surface area contributed by atoms with E-state index in [9.17, 15) is 14.4 Å². The van der Waals surface area contributed by atoms with Crippen LogP contribution in [0.15, 0.2) is 88.2 Å². The number of esters is 2. The van der Waals surface area contributed by atoms with Crippen LogP contribution in [-0.2, 0) is 14.3 Å². The SMILES string of the molecule is CCOC(=O)C1=C(c2ccccc2)N=c2s/c(=C\c3ccc(OC(C)=O)c(OCC)c3)c(=O)n2[C@@H]1c1cccc(OC)c1. The first kappa shape index (κ1) is 29.5. The monoisotopic (exact) mass is 598 g/mol. The first-order chi connectivity index (χ1) is 20.8. The van der Waals surface area contributed by atoms with Gasteiger partial charge in [0.15, 0.2) is 16.3 Å². The number of hydrogen-bond donors (Lipinski definition) is 0. The minimum absolute atomic E-state index is 0.158. The van der Waals surface area contributed by atoms with Crippen LogP contribution < -0.4 is 29.1 Å². The molecule has 0 saturated carbocycles. The number of nitrogens with zero attached hydrogens (tertiary/aromatic N) is 2. The van der Waals surface area contributed by atoms with Crippen LogP contribution in [0.25, 0.3) is 11.8 Å². The number of methoxy groups -OCH3 is 1. The second kappa shape index (κ2) is 12.9. The molecule has 0 radical (unpaired) electrons. The van der Waals surface area contributed by atoms with E-state index >= 15 is 0 Å². The molecule has 0 N–H and O–H groups in total. The summed E-state index contributed by atoms with van der Waals surface area (Å²) in [5.41, 5.74) is 2.41. The number of carbonyl (C=O) groups is 2. The van der Waals surface area contributed by atoms with Crippen LogP contribution in [0.4, 0.5) is 0 Å². The Morgan fingerprint density at radius 2 is 1.77 bits per heavy atom. The van der Waals surface area contributed by atoms with Crippen molar-refractivity contribution in [3.63, 3.8) is 0 Å². The van der Waals surface area contributed by atoms with Crippen molar-refractivity contribution < 1.29 is 28.5 Å². The Kier molecular flexibility index (Phi) is 8.87. The van der Waals surface area contributed by atoms with Gasteiger partial charge in [0.25, 0.3) is 5.56 Å². The first-order valence-corrected chi connectivity index (χ1v) is 14.5. The molecule has 0 aliphatic carbocycles. The van der Waals surface area contributed by atoms with Crippen LogP contribution in [0.2, 0.25) is 0 Å². The van der Waals surface area contributed by atoms with Gasteiger partial charge in [-0.05, 0) is 55.3 Å². The average Bonchev–Trinajstić information content (AvgIpc) is 3.32. The van der Waals surface area contributed by atoms with E-state index in [2.05, 4.69) is 0 Å². The molecular weight excluding hydrogens is 568 g/mol. The van der Waals surface area contributed by atoms with Gasteiger partial charge in [0.1, 0.15) is 5.75 Å². The van der Waals surface area contributed by atoms with Gasteiger partial charge in [0, 0.05) is 12.5 Å². The third-order valence-electron chi connectivity index (χ3n) is 6.60. The Morgan fingerprint density at radius 1 is 0.977 bits per heavy atom. The van der Waals surface area contributed by atoms with Crippen molar-refractivity contribution in [2.75, 3.05) is 20.3 Å². The third kappa shape index (κ3) is 6.14. The lowest BCUT2D eigenvalue weighted by atomic mass is 9.93. The van der Waals surface area contributed by atoms with Crippen molar-refractivity contribution in [3.05, 3.63) is 115 Å². The summed E-state index contributed by atoms with van der Waals surface area (Å²) in [5.74, 6) is 0.222. The molecule has 0 fully saturated rings. The normalized spacial score (nSPS) is 14.5. The summed E-state index contributed by atoms with van der Waals surface area (Å²) in [7, 11) is 1.56. The maximum absolute atomic E-state index is 14.1. The van der Waals surface area contributed by atoms with Gasteiger partial charge in [-0.1, -0.05) is 59.9 Å². The van der Waals surface area contributed by atoms with Gasteiger partial charge in [0.2, 0.25) is 0 Å². The molecule has 1 aliphatic heterocycles. The highest BCUT2D eigenvalue weighted by atomic mass is 32.1. The first-order valence-electron chi connectivity index (χ1n) is 13.7. The smallest absolute Gasteiger partial charge is 0.338 e. The standard InChI is InChI=1S/C33H30N2O7S/c1-5-40-26-17-21(15-16-25(26)42-20(3)36)18-27-31(37)35-30(23-13-10-14-24(19-23)39-4)28(32(38)41-6-2)29(34-33(35)43-27)22-11-8-7-9-12-22/h7-19,30H,5-6H2,1-4H3/b27-18-/t30-/m1/s1. The fourth-order valence-electron chi connectivity index (χ4n) is 4.84. The van der Waals surface area contributed by atoms with Crippen LogP contribution >= 0.6 is 11.3 Å². The van der Waals surface area contributed by atoms with Crippen molar-refractivity contribution in [2.24, 2.45) is 4.99 Å². The minimum Gasteiger partial charge on any atom is -0.497 e. The van der Waals surface area contributed by atoms with E-state index in [0.29, 0.717) is 44.3 Å². The number of thiazole rings is 1. The zero-order valence-corrected chi connectivity index (χ0v) is 25.0. The summed E-state index contributed by atoms with van der Waals surface area (Å²) >= 11 is 1.21. The van der Waals surface area contributed by atoms with Crippen molar-refractivity contribution in [1.82, 2.24) is 4.57 Å². The summed E-state index contributed by atoms with van der Waals surface area (Å²) in [5, 5.41) is 0. The number of aromatic nitrogens is 1. The lowest BCUT2D eigenvalue weighted by Crippen LogP contribution is -2.40. The highest BCUT2D eigenvalue weighted by molar-refractivity contribution is 7.07. The molecule has 220 valence electrons. The Labute approximate surface area is 252 Å². The third-order valence-corrected chi connectivity index (χ3v) is 7.59. The van der Waals surface area contributed by atoms with Crippen LogP contribution in [-0.4, -0.2) is 36.8 Å². The van der Waals surface area contributed by atoms with Gasteiger partial charge >= 0.3 is 11.9 Å². The maximum atomic E-state index is 14.1. The molecular formula is C33H30N2O7S. The summed E-state index contributed by atoms with van der Waals surface area (Å²) in [4.78, 5) is 44.6. The van der Waals surface area contributed by atoms with E-state index in [4.69, 9.17) is 23.9 Å². The van der Waals surface area contributed by atoms with E-state index in [-0.39, 0.29) is 23.5 Å². The van der Waals surface area contributed by atoms with Crippen LogP contribution in [0.5, 0.6) is 17.2 Å². The van der Waals surface area contributed by atoms with Gasteiger partial charge in [-0.15, -0.1) is 0 Å². The van der Waals surface area contributed by atoms with Gasteiger partial charge in [-0.2, -0.15) is 0 Å². The Morgan fingerprint density at radius 3 is 2.47 bits per heavy atom. The molecule has 0 unspecified atom stereocenters. The molecule has 3 aromatic carbocycles. The highest BCUT2D eigenvalue weighted by Crippen LogP contribution is 2.36. The number of hydrogen-bond acceptors (Lipinski definition) is 9. The molecule has 9 nitrogen and oxygen atoms in total. The second-order valence-corrected chi connectivity index (χ2v) is 10.5. The molecule has 0 bridgehead atoms. The van der Waals surface area contributed by atoms with E-state index in [1.807, 2.05) is 49.4 Å². The van der Waals surface area contributed by atoms with Gasteiger partial charge in [-0.25, -0.2) is 9.79 Å². The van der Waals surface area contributed by atoms with Crippen molar-refractivity contribution >= 4 is 35.0 Å². The molecule has 1 aliphatic rings. The number of rotatable bonds is 9. The van der Waals surface area contributed by atoms with Crippen LogP contribution in [0, 0.1) is 0 Å². The maximum Gasteiger partial charge on any atom is 0.338 e. The second-order valence-electron chi connectivity index (χ2n) is 9.44. The number of ether oxygens (including phenoxy) is 4. The lowest BCUT2D eigenvalue weighted by molar-refractivity contribution is -0.139. The molecule has 0 saturated heterocycles. The van der Waals surface area contributed by atoms with Crippen molar-refractivity contribution in [1.29, 1.82) is 0 Å². The van der Waals surface area contributed by atoms with E-state index in [1.165, 1.54) is 22.8 Å². The minimum atomic E-state index is -0.826. The molecule has 0 spiro atoms. The largest absolute Gasteiger partial charge is 0.497 e. The molecule has 1 atom stereocenters. The topological polar surface area (TPSA) is 105 Å². The Balaban J connectivity index is 1.77. The molecule has 10 heteroatoms. The van der Waals surface area contributed by atoms with E-state index in [1.54, 1.807) is 50.4 Å². The highest BCUT2D eigenvalue weighted by Gasteiger charge is 2.35. The van der Waals surface area contributed by atoms with Crippen LogP contribution in [0.3, 0.4) is 0 Å². The molecule has 1 aromatic heterocycles. The summed E-state index contributed by atoms with van der Waals surface area (Å²) in [6, 6.07) is 20.9. The predicted molar refractivity (Wildman–Crippen MR) is 163 cm³/mol.